The van der Waals surface area contributed by atoms with Crippen LogP contribution in [-0.2, 0) is 0 Å². The summed E-state index contributed by atoms with van der Waals surface area (Å²) in [6, 6.07) is 17.9. The highest BCUT2D eigenvalue weighted by molar-refractivity contribution is 5.49. The van der Waals surface area contributed by atoms with Crippen molar-refractivity contribution >= 4 is 5.69 Å². The molecule has 2 aromatic rings. The molecular formula is C18H20N2. The van der Waals surface area contributed by atoms with Gasteiger partial charge in [-0.05, 0) is 54.1 Å². The Hall–Kier alpha value is -1.80. The zero-order valence-electron chi connectivity index (χ0n) is 11.5. The molecule has 20 heavy (non-hydrogen) atoms. The Morgan fingerprint density at radius 1 is 0.950 bits per heavy atom. The van der Waals surface area contributed by atoms with Crippen LogP contribution in [0.1, 0.15) is 41.5 Å². The van der Waals surface area contributed by atoms with Gasteiger partial charge in [0.1, 0.15) is 0 Å². The first-order valence-corrected chi connectivity index (χ1v) is 7.52. The summed E-state index contributed by atoms with van der Waals surface area (Å²) in [5, 5.41) is 3.72. The van der Waals surface area contributed by atoms with Crippen LogP contribution in [0.2, 0.25) is 0 Å². The summed E-state index contributed by atoms with van der Waals surface area (Å²) in [5.74, 6) is 1.20. The minimum atomic E-state index is 0.518. The van der Waals surface area contributed by atoms with Crippen LogP contribution in [0.15, 0.2) is 48.5 Å². The molecule has 0 bridgehead atoms. The van der Waals surface area contributed by atoms with Crippen molar-refractivity contribution in [1.29, 1.82) is 0 Å². The first-order valence-electron chi connectivity index (χ1n) is 7.52. The van der Waals surface area contributed by atoms with Gasteiger partial charge in [0.25, 0.3) is 0 Å². The van der Waals surface area contributed by atoms with E-state index in [0.29, 0.717) is 17.9 Å². The minimum absolute atomic E-state index is 0.518. The van der Waals surface area contributed by atoms with Gasteiger partial charge in [0.2, 0.25) is 0 Å². The van der Waals surface area contributed by atoms with Crippen molar-refractivity contribution in [2.45, 2.75) is 24.8 Å². The van der Waals surface area contributed by atoms with E-state index in [-0.39, 0.29) is 0 Å². The van der Waals surface area contributed by atoms with Gasteiger partial charge in [-0.1, -0.05) is 36.4 Å². The molecule has 2 aliphatic rings. The summed E-state index contributed by atoms with van der Waals surface area (Å²) in [5.41, 5.74) is 11.1. The number of nitrogens with two attached hydrogens (primary N) is 1. The number of benzene rings is 2. The first-order chi connectivity index (χ1) is 9.84. The molecule has 1 heterocycles. The van der Waals surface area contributed by atoms with Crippen LogP contribution in [0.5, 0.6) is 0 Å². The lowest BCUT2D eigenvalue weighted by Crippen LogP contribution is -2.32. The van der Waals surface area contributed by atoms with Gasteiger partial charge in [0.15, 0.2) is 0 Å². The molecule has 1 saturated heterocycles. The second-order valence-corrected chi connectivity index (χ2v) is 6.01. The highest BCUT2D eigenvalue weighted by Gasteiger charge is 2.41. The molecule has 2 heteroatoms. The van der Waals surface area contributed by atoms with Crippen LogP contribution >= 0.6 is 0 Å². The van der Waals surface area contributed by atoms with Gasteiger partial charge < -0.3 is 11.1 Å². The number of nitrogens with one attached hydrogen (secondary N) is 1. The van der Waals surface area contributed by atoms with E-state index in [2.05, 4.69) is 41.7 Å². The summed E-state index contributed by atoms with van der Waals surface area (Å²) in [4.78, 5) is 0. The predicted octanol–water partition coefficient (Wildman–Crippen LogP) is 3.46. The van der Waals surface area contributed by atoms with Crippen LogP contribution in [0, 0.1) is 5.92 Å². The maximum absolute atomic E-state index is 5.84. The Labute approximate surface area is 120 Å². The largest absolute Gasteiger partial charge is 0.399 e. The van der Waals surface area contributed by atoms with E-state index < -0.39 is 0 Å². The Balaban J connectivity index is 1.83. The Bertz CT molecular complexity index is 618. The molecule has 0 amide bonds. The van der Waals surface area contributed by atoms with Crippen molar-refractivity contribution in [2.24, 2.45) is 5.92 Å². The summed E-state index contributed by atoms with van der Waals surface area (Å²) in [7, 11) is 0. The van der Waals surface area contributed by atoms with E-state index in [4.69, 9.17) is 5.73 Å². The van der Waals surface area contributed by atoms with Gasteiger partial charge in [-0.3, -0.25) is 0 Å². The van der Waals surface area contributed by atoms with Crippen LogP contribution in [-0.4, -0.2) is 6.54 Å². The fourth-order valence-electron chi connectivity index (χ4n) is 4.05. The number of hydrogen-bond donors (Lipinski definition) is 2. The van der Waals surface area contributed by atoms with Gasteiger partial charge in [-0.15, -0.1) is 0 Å². The monoisotopic (exact) mass is 264 g/mol. The average molecular weight is 264 g/mol. The Morgan fingerprint density at radius 2 is 1.70 bits per heavy atom. The van der Waals surface area contributed by atoms with Gasteiger partial charge in [0, 0.05) is 17.6 Å². The zero-order valence-corrected chi connectivity index (χ0v) is 11.5. The molecule has 4 rings (SSSR count). The maximum Gasteiger partial charge on any atom is 0.0360 e. The third-order valence-electron chi connectivity index (χ3n) is 4.90. The van der Waals surface area contributed by atoms with E-state index in [1.165, 1.54) is 29.5 Å². The van der Waals surface area contributed by atoms with Gasteiger partial charge in [-0.2, -0.15) is 0 Å². The number of rotatable bonds is 1. The fourth-order valence-corrected chi connectivity index (χ4v) is 4.05. The molecule has 0 radical (unpaired) electrons. The SMILES string of the molecule is Nc1ccc([C@@H]2c3ccccc3C3NCCC[C@H]32)cc1. The van der Waals surface area contributed by atoms with Crippen molar-refractivity contribution in [3.63, 3.8) is 0 Å². The van der Waals surface area contributed by atoms with Gasteiger partial charge in [0.05, 0.1) is 0 Å². The molecule has 1 unspecified atom stereocenters. The number of anilines is 1. The second-order valence-electron chi connectivity index (χ2n) is 6.01. The third-order valence-corrected chi connectivity index (χ3v) is 4.90. The fraction of sp³-hybridized carbons (Fsp3) is 0.333. The molecule has 1 fully saturated rings. The van der Waals surface area contributed by atoms with Crippen LogP contribution < -0.4 is 11.1 Å². The van der Waals surface area contributed by atoms with E-state index in [1.807, 2.05) is 12.1 Å². The molecule has 0 aromatic heterocycles. The first kappa shape index (κ1) is 12.0. The number of fused-ring (bicyclic) bond motifs is 3. The molecule has 0 spiro atoms. The molecule has 3 N–H and O–H groups in total. The maximum atomic E-state index is 5.84. The molecule has 2 aromatic carbocycles. The third kappa shape index (κ3) is 1.75. The summed E-state index contributed by atoms with van der Waals surface area (Å²) < 4.78 is 0. The van der Waals surface area contributed by atoms with Crippen molar-refractivity contribution in [2.75, 3.05) is 12.3 Å². The number of nitrogen functional groups attached to an aromatic ring is 1. The van der Waals surface area contributed by atoms with E-state index in [9.17, 15) is 0 Å². The van der Waals surface area contributed by atoms with Crippen LogP contribution in [0.25, 0.3) is 0 Å². The lowest BCUT2D eigenvalue weighted by atomic mass is 9.80. The molecule has 1 aliphatic carbocycles. The van der Waals surface area contributed by atoms with Gasteiger partial charge in [-0.25, -0.2) is 0 Å². The molecule has 2 nitrogen and oxygen atoms in total. The van der Waals surface area contributed by atoms with Gasteiger partial charge >= 0.3 is 0 Å². The van der Waals surface area contributed by atoms with Crippen molar-refractivity contribution in [3.05, 3.63) is 65.2 Å². The number of hydrogen-bond acceptors (Lipinski definition) is 2. The summed E-state index contributed by atoms with van der Waals surface area (Å²) >= 11 is 0. The molecule has 0 saturated carbocycles. The van der Waals surface area contributed by atoms with E-state index in [0.717, 1.165) is 12.2 Å². The van der Waals surface area contributed by atoms with E-state index >= 15 is 0 Å². The molecule has 1 aliphatic heterocycles. The Morgan fingerprint density at radius 3 is 2.50 bits per heavy atom. The highest BCUT2D eigenvalue weighted by atomic mass is 14.9. The smallest absolute Gasteiger partial charge is 0.0360 e. The quantitative estimate of drug-likeness (QED) is 0.774. The molecule has 102 valence electrons. The lowest BCUT2D eigenvalue weighted by molar-refractivity contribution is 0.287. The van der Waals surface area contributed by atoms with Crippen molar-refractivity contribution in [1.82, 2.24) is 5.32 Å². The zero-order chi connectivity index (χ0) is 13.5. The molecule has 3 atom stereocenters. The van der Waals surface area contributed by atoms with Crippen LogP contribution in [0.3, 0.4) is 0 Å². The second kappa shape index (κ2) is 4.64. The molecular weight excluding hydrogens is 244 g/mol. The topological polar surface area (TPSA) is 38.0 Å². The highest BCUT2D eigenvalue weighted by Crippen LogP contribution is 2.51. The standard InChI is InChI=1S/C18H20N2/c19-13-9-7-12(8-10-13)17-14-4-1-2-5-15(14)18-16(17)6-3-11-20-18/h1-2,4-5,7-10,16-18,20H,3,6,11,19H2/t16-,17+,18?/m0/s1. The van der Waals surface area contributed by atoms with Crippen molar-refractivity contribution < 1.29 is 0 Å². The summed E-state index contributed by atoms with van der Waals surface area (Å²) in [6.45, 7) is 1.14. The summed E-state index contributed by atoms with van der Waals surface area (Å²) in [6.07, 6.45) is 2.59. The number of piperidine rings is 1. The Kier molecular flexibility index (Phi) is 2.78. The van der Waals surface area contributed by atoms with Crippen molar-refractivity contribution in [3.8, 4) is 0 Å². The lowest BCUT2D eigenvalue weighted by Gasteiger charge is -2.31. The normalized spacial score (nSPS) is 27.9. The van der Waals surface area contributed by atoms with Crippen LogP contribution in [0.4, 0.5) is 5.69 Å². The van der Waals surface area contributed by atoms with E-state index in [1.54, 1.807) is 0 Å². The minimum Gasteiger partial charge on any atom is -0.399 e. The predicted molar refractivity (Wildman–Crippen MR) is 82.6 cm³/mol. The average Bonchev–Trinajstić information content (AvgIpc) is 2.83.